The number of aromatic nitrogens is 1. The Kier molecular flexibility index (Phi) is 7.04. The molecular formula is C22H31N3O2. The van der Waals surface area contributed by atoms with E-state index in [-0.39, 0.29) is 5.91 Å². The van der Waals surface area contributed by atoms with Crippen molar-refractivity contribution >= 4 is 5.91 Å². The topological polar surface area (TPSA) is 58.4 Å². The number of aryl methyl sites for hydroxylation is 1. The van der Waals surface area contributed by atoms with Gasteiger partial charge >= 0.3 is 0 Å². The van der Waals surface area contributed by atoms with Crippen LogP contribution < -0.4 is 5.32 Å². The maximum absolute atomic E-state index is 12.5. The quantitative estimate of drug-likeness (QED) is 0.565. The number of fused-ring (bicyclic) bond motifs is 1. The smallest absolute Gasteiger partial charge is 0.273 e. The van der Waals surface area contributed by atoms with E-state index in [0.29, 0.717) is 18.3 Å². The largest absolute Gasteiger partial charge is 0.360 e. The van der Waals surface area contributed by atoms with Crippen LogP contribution in [0.1, 0.15) is 66.9 Å². The summed E-state index contributed by atoms with van der Waals surface area (Å²) in [6.45, 7) is 6.96. The van der Waals surface area contributed by atoms with Gasteiger partial charge in [0.05, 0.1) is 0 Å². The molecule has 0 fully saturated rings. The van der Waals surface area contributed by atoms with Crippen molar-refractivity contribution in [3.05, 3.63) is 52.9 Å². The van der Waals surface area contributed by atoms with E-state index >= 15 is 0 Å². The third kappa shape index (κ3) is 5.42. The van der Waals surface area contributed by atoms with Crippen molar-refractivity contribution in [2.45, 2.75) is 65.0 Å². The van der Waals surface area contributed by atoms with E-state index in [4.69, 9.17) is 4.52 Å². The molecule has 1 heterocycles. The first-order valence-corrected chi connectivity index (χ1v) is 10.2. The van der Waals surface area contributed by atoms with Gasteiger partial charge in [0.25, 0.3) is 5.91 Å². The number of carbonyl (C=O) groups is 1. The molecule has 0 saturated carbocycles. The van der Waals surface area contributed by atoms with Crippen LogP contribution in [0.15, 0.2) is 34.9 Å². The molecule has 1 aliphatic carbocycles. The minimum atomic E-state index is -0.0962. The molecule has 0 radical (unpaired) electrons. The summed E-state index contributed by atoms with van der Waals surface area (Å²) in [5, 5.41) is 7.07. The highest BCUT2D eigenvalue weighted by molar-refractivity contribution is 5.93. The Hall–Kier alpha value is -2.14. The lowest BCUT2D eigenvalue weighted by molar-refractivity contribution is 0.0940. The molecule has 0 atom stereocenters. The molecule has 1 N–H and O–H groups in total. The number of carbonyl (C=O) groups excluding carboxylic acids is 1. The van der Waals surface area contributed by atoms with Crippen LogP contribution >= 0.6 is 0 Å². The summed E-state index contributed by atoms with van der Waals surface area (Å²) >= 11 is 0. The maximum Gasteiger partial charge on any atom is 0.273 e. The van der Waals surface area contributed by atoms with Gasteiger partial charge in [0.2, 0.25) is 0 Å². The third-order valence-electron chi connectivity index (χ3n) is 5.28. The highest BCUT2D eigenvalue weighted by Gasteiger charge is 2.22. The van der Waals surface area contributed by atoms with Crippen LogP contribution in [-0.2, 0) is 19.4 Å². The fourth-order valence-electron chi connectivity index (χ4n) is 3.65. The van der Waals surface area contributed by atoms with Crippen LogP contribution in [-0.4, -0.2) is 35.1 Å². The zero-order chi connectivity index (χ0) is 19.1. The Labute approximate surface area is 162 Å². The molecule has 0 aliphatic heterocycles. The summed E-state index contributed by atoms with van der Waals surface area (Å²) in [6, 6.07) is 11.0. The van der Waals surface area contributed by atoms with E-state index in [0.717, 1.165) is 56.5 Å². The lowest BCUT2D eigenvalue weighted by Crippen LogP contribution is -2.34. The average Bonchev–Trinajstić information content (AvgIpc) is 2.93. The lowest BCUT2D eigenvalue weighted by Gasteiger charge is -2.26. The van der Waals surface area contributed by atoms with Crippen molar-refractivity contribution in [2.24, 2.45) is 0 Å². The average molecular weight is 370 g/mol. The molecule has 1 aromatic heterocycles. The summed E-state index contributed by atoms with van der Waals surface area (Å²) in [5.41, 5.74) is 2.84. The van der Waals surface area contributed by atoms with Crippen LogP contribution in [0.25, 0.3) is 0 Å². The predicted molar refractivity (Wildman–Crippen MR) is 107 cm³/mol. The van der Waals surface area contributed by atoms with E-state index < -0.39 is 0 Å². The monoisotopic (exact) mass is 369 g/mol. The van der Waals surface area contributed by atoms with Gasteiger partial charge in [-0.3, -0.25) is 9.69 Å². The van der Waals surface area contributed by atoms with Gasteiger partial charge in [-0.05, 0) is 45.1 Å². The van der Waals surface area contributed by atoms with Crippen LogP contribution in [0, 0.1) is 0 Å². The van der Waals surface area contributed by atoms with E-state index in [1.54, 1.807) is 0 Å². The van der Waals surface area contributed by atoms with Crippen molar-refractivity contribution in [1.82, 2.24) is 15.4 Å². The van der Waals surface area contributed by atoms with Crippen LogP contribution in [0.5, 0.6) is 0 Å². The van der Waals surface area contributed by atoms with Crippen molar-refractivity contribution < 1.29 is 9.32 Å². The molecule has 2 aromatic rings. The Balaban J connectivity index is 1.47. The molecule has 146 valence electrons. The molecular weight excluding hydrogens is 338 g/mol. The highest BCUT2D eigenvalue weighted by Crippen LogP contribution is 2.23. The molecule has 0 unspecified atom stereocenters. The van der Waals surface area contributed by atoms with Crippen molar-refractivity contribution in [2.75, 3.05) is 13.1 Å². The summed E-state index contributed by atoms with van der Waals surface area (Å²) in [5.74, 6) is 0.813. The van der Waals surface area contributed by atoms with Gasteiger partial charge in [-0.2, -0.15) is 0 Å². The molecule has 0 spiro atoms. The van der Waals surface area contributed by atoms with Crippen molar-refractivity contribution in [1.29, 1.82) is 0 Å². The number of nitrogens with zero attached hydrogens (tertiary/aromatic N) is 2. The second-order valence-electron chi connectivity index (χ2n) is 7.65. The predicted octanol–water partition coefficient (Wildman–Crippen LogP) is 3.97. The number of rotatable bonds is 8. The van der Waals surface area contributed by atoms with Crippen LogP contribution in [0.4, 0.5) is 0 Å². The SMILES string of the molecule is CC(C)N(CCCNC(=O)c1noc2c1CCCCC2)Cc1ccccc1. The minimum Gasteiger partial charge on any atom is -0.360 e. The Morgan fingerprint density at radius 2 is 1.96 bits per heavy atom. The van der Waals surface area contributed by atoms with Gasteiger partial charge in [-0.1, -0.05) is 41.9 Å². The van der Waals surface area contributed by atoms with Gasteiger partial charge in [0, 0.05) is 37.7 Å². The van der Waals surface area contributed by atoms with Crippen LogP contribution in [0.3, 0.4) is 0 Å². The number of amides is 1. The number of benzene rings is 1. The van der Waals surface area contributed by atoms with Crippen LogP contribution in [0.2, 0.25) is 0 Å². The summed E-state index contributed by atoms with van der Waals surface area (Å²) < 4.78 is 5.41. The molecule has 0 saturated heterocycles. The maximum atomic E-state index is 12.5. The Bertz CT molecular complexity index is 724. The molecule has 5 nitrogen and oxygen atoms in total. The zero-order valence-corrected chi connectivity index (χ0v) is 16.5. The normalized spacial score (nSPS) is 14.2. The van der Waals surface area contributed by atoms with E-state index in [1.165, 1.54) is 12.0 Å². The van der Waals surface area contributed by atoms with Gasteiger partial charge in [0.15, 0.2) is 5.69 Å². The fourth-order valence-corrected chi connectivity index (χ4v) is 3.65. The zero-order valence-electron chi connectivity index (χ0n) is 16.5. The first-order valence-electron chi connectivity index (χ1n) is 10.2. The number of hydrogen-bond acceptors (Lipinski definition) is 4. The van der Waals surface area contributed by atoms with Gasteiger partial charge in [-0.15, -0.1) is 0 Å². The van der Waals surface area contributed by atoms with E-state index in [9.17, 15) is 4.79 Å². The van der Waals surface area contributed by atoms with E-state index in [1.807, 2.05) is 6.07 Å². The van der Waals surface area contributed by atoms with E-state index in [2.05, 4.69) is 53.5 Å². The summed E-state index contributed by atoms with van der Waals surface area (Å²) in [4.78, 5) is 14.9. The first kappa shape index (κ1) is 19.6. The first-order chi connectivity index (χ1) is 13.1. The summed E-state index contributed by atoms with van der Waals surface area (Å²) in [6.07, 6.45) is 6.14. The summed E-state index contributed by atoms with van der Waals surface area (Å²) in [7, 11) is 0. The van der Waals surface area contributed by atoms with Gasteiger partial charge in [-0.25, -0.2) is 0 Å². The minimum absolute atomic E-state index is 0.0962. The molecule has 27 heavy (non-hydrogen) atoms. The van der Waals surface area contributed by atoms with Crippen molar-refractivity contribution in [3.63, 3.8) is 0 Å². The Morgan fingerprint density at radius 3 is 2.74 bits per heavy atom. The lowest BCUT2D eigenvalue weighted by atomic mass is 10.1. The second-order valence-corrected chi connectivity index (χ2v) is 7.65. The molecule has 5 heteroatoms. The third-order valence-corrected chi connectivity index (χ3v) is 5.28. The van der Waals surface area contributed by atoms with Gasteiger partial charge < -0.3 is 9.84 Å². The number of nitrogens with one attached hydrogen (secondary N) is 1. The number of hydrogen-bond donors (Lipinski definition) is 1. The van der Waals surface area contributed by atoms with Gasteiger partial charge in [0.1, 0.15) is 5.76 Å². The fraction of sp³-hybridized carbons (Fsp3) is 0.545. The highest BCUT2D eigenvalue weighted by atomic mass is 16.5. The second kappa shape index (κ2) is 9.70. The Morgan fingerprint density at radius 1 is 1.19 bits per heavy atom. The standard InChI is InChI=1S/C22H31N3O2/c1-17(2)25(16-18-10-5-3-6-11-18)15-9-14-23-22(26)21-19-12-7-4-8-13-20(19)27-24-21/h3,5-6,10-11,17H,4,7-9,12-16H2,1-2H3,(H,23,26). The molecule has 0 bridgehead atoms. The molecule has 1 aliphatic rings. The molecule has 1 aromatic carbocycles. The molecule has 3 rings (SSSR count). The van der Waals surface area contributed by atoms with Crippen molar-refractivity contribution in [3.8, 4) is 0 Å². The molecule has 1 amide bonds.